The minimum atomic E-state index is 0.0967. The molecule has 20 heavy (non-hydrogen) atoms. The molecule has 1 amide bonds. The summed E-state index contributed by atoms with van der Waals surface area (Å²) in [6, 6.07) is 16.0. The first-order valence-corrected chi connectivity index (χ1v) is 7.02. The van der Waals surface area contributed by atoms with Crippen LogP contribution >= 0.6 is 0 Å². The van der Waals surface area contributed by atoms with Crippen molar-refractivity contribution in [1.29, 1.82) is 0 Å². The van der Waals surface area contributed by atoms with Gasteiger partial charge in [0.05, 0.1) is 0 Å². The zero-order valence-electron chi connectivity index (χ0n) is 12.4. The number of rotatable bonds is 4. The lowest BCUT2D eigenvalue weighted by molar-refractivity contribution is 0.0752. The highest BCUT2D eigenvalue weighted by atomic mass is 16.2. The highest BCUT2D eigenvalue weighted by Crippen LogP contribution is 2.14. The second-order valence-electron chi connectivity index (χ2n) is 5.12. The third-order valence-corrected chi connectivity index (χ3v) is 3.56. The van der Waals surface area contributed by atoms with Crippen molar-refractivity contribution in [2.24, 2.45) is 0 Å². The summed E-state index contributed by atoms with van der Waals surface area (Å²) in [4.78, 5) is 14.5. The lowest BCUT2D eigenvalue weighted by Crippen LogP contribution is -2.30. The molecule has 0 aliphatic heterocycles. The predicted molar refractivity (Wildman–Crippen MR) is 82.8 cm³/mol. The second kappa shape index (κ2) is 6.38. The van der Waals surface area contributed by atoms with Gasteiger partial charge in [-0.3, -0.25) is 4.79 Å². The van der Waals surface area contributed by atoms with Gasteiger partial charge in [0.25, 0.3) is 5.91 Å². The summed E-state index contributed by atoms with van der Waals surface area (Å²) in [7, 11) is 0. The van der Waals surface area contributed by atoms with Gasteiger partial charge < -0.3 is 4.90 Å². The highest BCUT2D eigenvalue weighted by molar-refractivity contribution is 5.94. The van der Waals surface area contributed by atoms with E-state index in [1.54, 1.807) is 0 Å². The Bertz CT molecular complexity index is 604. The average Bonchev–Trinajstić information content (AvgIpc) is 2.46. The minimum Gasteiger partial charge on any atom is -0.335 e. The van der Waals surface area contributed by atoms with Gasteiger partial charge in [0, 0.05) is 18.7 Å². The van der Waals surface area contributed by atoms with Gasteiger partial charge in [-0.1, -0.05) is 42.0 Å². The van der Waals surface area contributed by atoms with E-state index < -0.39 is 0 Å². The topological polar surface area (TPSA) is 20.3 Å². The number of hydrogen-bond donors (Lipinski definition) is 0. The Labute approximate surface area is 121 Å². The number of hydrogen-bond acceptors (Lipinski definition) is 1. The second-order valence-corrected chi connectivity index (χ2v) is 5.12. The molecule has 0 bridgehead atoms. The molecule has 0 spiro atoms. The number of amides is 1. The van der Waals surface area contributed by atoms with E-state index >= 15 is 0 Å². The Kier molecular flexibility index (Phi) is 4.57. The van der Waals surface area contributed by atoms with Gasteiger partial charge in [0.15, 0.2) is 0 Å². The monoisotopic (exact) mass is 267 g/mol. The Morgan fingerprint density at radius 1 is 1.05 bits per heavy atom. The molecule has 0 saturated carbocycles. The van der Waals surface area contributed by atoms with Crippen LogP contribution in [0.5, 0.6) is 0 Å². The fourth-order valence-electron chi connectivity index (χ4n) is 2.28. The molecule has 2 aromatic rings. The number of carbonyl (C=O) groups excluding carboxylic acids is 1. The molecule has 0 heterocycles. The Hall–Kier alpha value is -2.09. The fraction of sp³-hybridized carbons (Fsp3) is 0.278. The van der Waals surface area contributed by atoms with Crippen LogP contribution in [0.15, 0.2) is 48.5 Å². The van der Waals surface area contributed by atoms with Crippen molar-refractivity contribution in [3.05, 3.63) is 70.8 Å². The summed E-state index contributed by atoms with van der Waals surface area (Å²) in [5.74, 6) is 0.0967. The fourth-order valence-corrected chi connectivity index (χ4v) is 2.28. The van der Waals surface area contributed by atoms with Crippen molar-refractivity contribution in [3.63, 3.8) is 0 Å². The van der Waals surface area contributed by atoms with Crippen LogP contribution in [0.2, 0.25) is 0 Å². The zero-order valence-corrected chi connectivity index (χ0v) is 12.4. The molecular weight excluding hydrogens is 246 g/mol. The molecule has 0 radical (unpaired) electrons. The quantitative estimate of drug-likeness (QED) is 0.821. The molecule has 0 fully saturated rings. The maximum Gasteiger partial charge on any atom is 0.254 e. The third-order valence-electron chi connectivity index (χ3n) is 3.56. The SMILES string of the molecule is CCN(Cc1ccccc1C)C(=O)c1cccc(C)c1. The summed E-state index contributed by atoms with van der Waals surface area (Å²) in [5, 5.41) is 0. The van der Waals surface area contributed by atoms with E-state index in [4.69, 9.17) is 0 Å². The first kappa shape index (κ1) is 14.3. The third kappa shape index (κ3) is 3.27. The van der Waals surface area contributed by atoms with Crippen LogP contribution in [0, 0.1) is 13.8 Å². The normalized spacial score (nSPS) is 10.3. The standard InChI is InChI=1S/C18H21NO/c1-4-19(13-17-10-6-5-9-15(17)3)18(20)16-11-7-8-14(2)12-16/h5-12H,4,13H2,1-3H3. The molecule has 2 heteroatoms. The lowest BCUT2D eigenvalue weighted by atomic mass is 10.1. The zero-order chi connectivity index (χ0) is 14.5. The number of benzene rings is 2. The smallest absolute Gasteiger partial charge is 0.254 e. The van der Waals surface area contributed by atoms with E-state index in [9.17, 15) is 4.79 Å². The lowest BCUT2D eigenvalue weighted by Gasteiger charge is -2.22. The van der Waals surface area contributed by atoms with Crippen LogP contribution in [-0.4, -0.2) is 17.4 Å². The largest absolute Gasteiger partial charge is 0.335 e. The number of carbonyl (C=O) groups is 1. The maximum atomic E-state index is 12.6. The van der Waals surface area contributed by atoms with E-state index in [-0.39, 0.29) is 5.91 Å². The van der Waals surface area contributed by atoms with Crippen molar-refractivity contribution in [2.75, 3.05) is 6.54 Å². The molecule has 0 aliphatic rings. The van der Waals surface area contributed by atoms with Crippen molar-refractivity contribution < 1.29 is 4.79 Å². The summed E-state index contributed by atoms with van der Waals surface area (Å²) >= 11 is 0. The molecule has 2 aromatic carbocycles. The number of nitrogens with zero attached hydrogens (tertiary/aromatic N) is 1. The first-order chi connectivity index (χ1) is 9.61. The van der Waals surface area contributed by atoms with E-state index in [2.05, 4.69) is 19.1 Å². The molecule has 2 nitrogen and oxygen atoms in total. The van der Waals surface area contributed by atoms with Crippen LogP contribution in [0.1, 0.15) is 34.0 Å². The predicted octanol–water partition coefficient (Wildman–Crippen LogP) is 3.97. The van der Waals surface area contributed by atoms with Gasteiger partial charge in [0.2, 0.25) is 0 Å². The summed E-state index contributed by atoms with van der Waals surface area (Å²) < 4.78 is 0. The van der Waals surface area contributed by atoms with Crippen LogP contribution in [0.25, 0.3) is 0 Å². The van der Waals surface area contributed by atoms with Crippen LogP contribution < -0.4 is 0 Å². The van der Waals surface area contributed by atoms with Gasteiger partial charge in [-0.15, -0.1) is 0 Å². The van der Waals surface area contributed by atoms with Crippen molar-refractivity contribution >= 4 is 5.91 Å². The molecule has 104 valence electrons. The van der Waals surface area contributed by atoms with Crippen molar-refractivity contribution in [1.82, 2.24) is 4.90 Å². The van der Waals surface area contributed by atoms with E-state index in [0.29, 0.717) is 13.1 Å². The molecule has 0 N–H and O–H groups in total. The maximum absolute atomic E-state index is 12.6. The summed E-state index contributed by atoms with van der Waals surface area (Å²) in [6.45, 7) is 7.48. The van der Waals surface area contributed by atoms with Crippen molar-refractivity contribution in [3.8, 4) is 0 Å². The van der Waals surface area contributed by atoms with Crippen LogP contribution in [-0.2, 0) is 6.54 Å². The molecule has 2 rings (SSSR count). The van der Waals surface area contributed by atoms with Gasteiger partial charge >= 0.3 is 0 Å². The van der Waals surface area contributed by atoms with Gasteiger partial charge in [-0.05, 0) is 44.0 Å². The minimum absolute atomic E-state index is 0.0967. The van der Waals surface area contributed by atoms with Crippen molar-refractivity contribution in [2.45, 2.75) is 27.3 Å². The molecule has 0 unspecified atom stereocenters. The highest BCUT2D eigenvalue weighted by Gasteiger charge is 2.15. The van der Waals surface area contributed by atoms with Gasteiger partial charge in [-0.25, -0.2) is 0 Å². The molecule has 0 saturated heterocycles. The summed E-state index contributed by atoms with van der Waals surface area (Å²) in [5.41, 5.74) is 4.31. The first-order valence-electron chi connectivity index (χ1n) is 7.02. The Morgan fingerprint density at radius 3 is 2.45 bits per heavy atom. The Balaban J connectivity index is 2.20. The van der Waals surface area contributed by atoms with Gasteiger partial charge in [-0.2, -0.15) is 0 Å². The van der Waals surface area contributed by atoms with Crippen LogP contribution in [0.3, 0.4) is 0 Å². The molecule has 0 aromatic heterocycles. The molecular formula is C18H21NO. The Morgan fingerprint density at radius 2 is 1.80 bits per heavy atom. The average molecular weight is 267 g/mol. The molecule has 0 atom stereocenters. The van der Waals surface area contributed by atoms with Gasteiger partial charge in [0.1, 0.15) is 0 Å². The number of aryl methyl sites for hydroxylation is 2. The molecule has 0 aliphatic carbocycles. The van der Waals surface area contributed by atoms with E-state index in [1.807, 2.05) is 55.1 Å². The summed E-state index contributed by atoms with van der Waals surface area (Å²) in [6.07, 6.45) is 0. The van der Waals surface area contributed by atoms with E-state index in [0.717, 1.165) is 11.1 Å². The van der Waals surface area contributed by atoms with Crippen LogP contribution in [0.4, 0.5) is 0 Å². The van der Waals surface area contributed by atoms with E-state index in [1.165, 1.54) is 11.1 Å².